The topological polar surface area (TPSA) is 24.5 Å². The number of likely N-dealkylation sites (N-methyl/N-ethyl adjacent to an activating group) is 1. The fourth-order valence-electron chi connectivity index (χ4n) is 1.41. The molecule has 3 heteroatoms. The Labute approximate surface area is 92.0 Å². The molecule has 1 aromatic carbocycles. The predicted molar refractivity (Wildman–Crippen MR) is 64.8 cm³/mol. The summed E-state index contributed by atoms with van der Waals surface area (Å²) >= 11 is 0. The highest BCUT2D eigenvalue weighted by Crippen LogP contribution is 2.20. The number of nitrogens with zero attached hydrogens (tertiary/aromatic N) is 1. The van der Waals surface area contributed by atoms with Gasteiger partial charge in [0.25, 0.3) is 0 Å². The molecule has 0 saturated heterocycles. The van der Waals surface area contributed by atoms with Crippen LogP contribution in [0.25, 0.3) is 0 Å². The van der Waals surface area contributed by atoms with E-state index in [4.69, 9.17) is 4.74 Å². The van der Waals surface area contributed by atoms with Gasteiger partial charge < -0.3 is 15.0 Å². The van der Waals surface area contributed by atoms with E-state index in [2.05, 4.69) is 37.3 Å². The van der Waals surface area contributed by atoms with Gasteiger partial charge in [-0.1, -0.05) is 0 Å². The lowest BCUT2D eigenvalue weighted by Gasteiger charge is -2.12. The van der Waals surface area contributed by atoms with Crippen molar-refractivity contribution in [1.82, 2.24) is 4.90 Å². The molecule has 0 aliphatic carbocycles. The van der Waals surface area contributed by atoms with Crippen molar-refractivity contribution < 1.29 is 4.74 Å². The van der Waals surface area contributed by atoms with E-state index in [0.717, 1.165) is 30.1 Å². The fraction of sp³-hybridized carbons (Fsp3) is 0.500. The van der Waals surface area contributed by atoms with E-state index in [0.29, 0.717) is 0 Å². The third-order valence-corrected chi connectivity index (χ3v) is 2.28. The van der Waals surface area contributed by atoms with Crippen molar-refractivity contribution in [2.75, 3.05) is 39.6 Å². The van der Waals surface area contributed by atoms with Crippen molar-refractivity contribution in [3.8, 4) is 5.75 Å². The Morgan fingerprint density at radius 1 is 1.33 bits per heavy atom. The van der Waals surface area contributed by atoms with Crippen LogP contribution in [0.4, 0.5) is 5.69 Å². The zero-order valence-electron chi connectivity index (χ0n) is 10.0. The van der Waals surface area contributed by atoms with Crippen molar-refractivity contribution in [3.05, 3.63) is 23.8 Å². The van der Waals surface area contributed by atoms with Gasteiger partial charge in [0, 0.05) is 18.8 Å². The summed E-state index contributed by atoms with van der Waals surface area (Å²) < 4.78 is 5.21. The molecule has 0 heterocycles. The Kier molecular flexibility index (Phi) is 4.43. The molecule has 0 aromatic heterocycles. The molecule has 0 atom stereocenters. The first kappa shape index (κ1) is 11.9. The minimum Gasteiger partial charge on any atom is -0.496 e. The third-order valence-electron chi connectivity index (χ3n) is 2.28. The van der Waals surface area contributed by atoms with Crippen LogP contribution >= 0.6 is 0 Å². The molecular weight excluding hydrogens is 188 g/mol. The molecule has 0 aliphatic heterocycles. The molecule has 1 rings (SSSR count). The average molecular weight is 208 g/mol. The number of hydrogen-bond acceptors (Lipinski definition) is 3. The summed E-state index contributed by atoms with van der Waals surface area (Å²) in [5.74, 6) is 0.938. The van der Waals surface area contributed by atoms with Crippen LogP contribution in [0.3, 0.4) is 0 Å². The van der Waals surface area contributed by atoms with Crippen LogP contribution in [-0.2, 0) is 0 Å². The maximum absolute atomic E-state index is 5.21. The summed E-state index contributed by atoms with van der Waals surface area (Å²) in [4.78, 5) is 2.16. The standard InChI is InChI=1S/C12H20N2O/c1-10-9-11(5-6-12(10)15-4)13-7-8-14(2)3/h5-6,9,13H,7-8H2,1-4H3. The molecule has 0 spiro atoms. The van der Waals surface area contributed by atoms with E-state index in [1.54, 1.807) is 7.11 Å². The molecule has 84 valence electrons. The van der Waals surface area contributed by atoms with E-state index in [1.807, 2.05) is 12.1 Å². The first-order chi connectivity index (χ1) is 7.13. The van der Waals surface area contributed by atoms with E-state index in [1.165, 1.54) is 0 Å². The number of anilines is 1. The second-order valence-corrected chi connectivity index (χ2v) is 3.91. The van der Waals surface area contributed by atoms with E-state index in [9.17, 15) is 0 Å². The van der Waals surface area contributed by atoms with E-state index >= 15 is 0 Å². The Hall–Kier alpha value is -1.22. The fourth-order valence-corrected chi connectivity index (χ4v) is 1.41. The molecule has 0 aliphatic rings. The molecule has 0 unspecified atom stereocenters. The normalized spacial score (nSPS) is 10.5. The minimum absolute atomic E-state index is 0.938. The number of benzene rings is 1. The zero-order chi connectivity index (χ0) is 11.3. The van der Waals surface area contributed by atoms with Crippen molar-refractivity contribution in [3.63, 3.8) is 0 Å². The number of hydrogen-bond donors (Lipinski definition) is 1. The second kappa shape index (κ2) is 5.61. The smallest absolute Gasteiger partial charge is 0.121 e. The summed E-state index contributed by atoms with van der Waals surface area (Å²) in [5.41, 5.74) is 2.31. The van der Waals surface area contributed by atoms with Gasteiger partial charge in [-0.05, 0) is 44.8 Å². The monoisotopic (exact) mass is 208 g/mol. The van der Waals surface area contributed by atoms with Crippen LogP contribution in [0, 0.1) is 6.92 Å². The van der Waals surface area contributed by atoms with Crippen LogP contribution in [-0.4, -0.2) is 39.2 Å². The number of nitrogens with one attached hydrogen (secondary N) is 1. The maximum Gasteiger partial charge on any atom is 0.121 e. The van der Waals surface area contributed by atoms with Crippen LogP contribution in [0.2, 0.25) is 0 Å². The zero-order valence-corrected chi connectivity index (χ0v) is 10.0. The molecule has 0 saturated carbocycles. The molecular formula is C12H20N2O. The highest BCUT2D eigenvalue weighted by Gasteiger charge is 1.99. The largest absolute Gasteiger partial charge is 0.496 e. The average Bonchev–Trinajstić information content (AvgIpc) is 2.17. The van der Waals surface area contributed by atoms with Crippen molar-refractivity contribution in [1.29, 1.82) is 0 Å². The number of aryl methyl sites for hydroxylation is 1. The first-order valence-corrected chi connectivity index (χ1v) is 5.16. The summed E-state index contributed by atoms with van der Waals surface area (Å²) in [6, 6.07) is 6.14. The maximum atomic E-state index is 5.21. The number of rotatable bonds is 5. The minimum atomic E-state index is 0.938. The van der Waals surface area contributed by atoms with Gasteiger partial charge in [0.05, 0.1) is 7.11 Å². The molecule has 15 heavy (non-hydrogen) atoms. The van der Waals surface area contributed by atoms with Gasteiger partial charge in [0.1, 0.15) is 5.75 Å². The van der Waals surface area contributed by atoms with Crippen molar-refractivity contribution in [2.24, 2.45) is 0 Å². The van der Waals surface area contributed by atoms with E-state index < -0.39 is 0 Å². The summed E-state index contributed by atoms with van der Waals surface area (Å²) in [7, 11) is 5.84. The molecule has 0 radical (unpaired) electrons. The van der Waals surface area contributed by atoms with Gasteiger partial charge in [-0.3, -0.25) is 0 Å². The summed E-state index contributed by atoms with van der Waals surface area (Å²) in [6.45, 7) is 4.04. The highest BCUT2D eigenvalue weighted by atomic mass is 16.5. The van der Waals surface area contributed by atoms with Gasteiger partial charge in [-0.25, -0.2) is 0 Å². The van der Waals surface area contributed by atoms with Gasteiger partial charge in [0.15, 0.2) is 0 Å². The lowest BCUT2D eigenvalue weighted by atomic mass is 10.2. The quantitative estimate of drug-likeness (QED) is 0.800. The lowest BCUT2D eigenvalue weighted by molar-refractivity contribution is 0.411. The van der Waals surface area contributed by atoms with Crippen molar-refractivity contribution in [2.45, 2.75) is 6.92 Å². The van der Waals surface area contributed by atoms with Crippen molar-refractivity contribution >= 4 is 5.69 Å². The molecule has 0 fully saturated rings. The first-order valence-electron chi connectivity index (χ1n) is 5.16. The Bertz CT molecular complexity index is 310. The van der Waals surface area contributed by atoms with Crippen LogP contribution in [0.5, 0.6) is 5.75 Å². The van der Waals surface area contributed by atoms with Gasteiger partial charge in [-0.15, -0.1) is 0 Å². The molecule has 0 amide bonds. The predicted octanol–water partition coefficient (Wildman–Crippen LogP) is 1.98. The summed E-state index contributed by atoms with van der Waals surface area (Å²) in [5, 5.41) is 3.37. The molecule has 0 bridgehead atoms. The number of methoxy groups -OCH3 is 1. The van der Waals surface area contributed by atoms with Gasteiger partial charge in [0.2, 0.25) is 0 Å². The van der Waals surface area contributed by atoms with Gasteiger partial charge in [-0.2, -0.15) is 0 Å². The SMILES string of the molecule is COc1ccc(NCCN(C)C)cc1C. The van der Waals surface area contributed by atoms with Crippen LogP contribution < -0.4 is 10.1 Å². The Morgan fingerprint density at radius 3 is 2.60 bits per heavy atom. The van der Waals surface area contributed by atoms with E-state index in [-0.39, 0.29) is 0 Å². The molecule has 1 N–H and O–H groups in total. The van der Waals surface area contributed by atoms with Gasteiger partial charge >= 0.3 is 0 Å². The third kappa shape index (κ3) is 3.80. The van der Waals surface area contributed by atoms with Crippen LogP contribution in [0.1, 0.15) is 5.56 Å². The molecule has 1 aromatic rings. The number of ether oxygens (including phenoxy) is 1. The highest BCUT2D eigenvalue weighted by molar-refractivity contribution is 5.50. The summed E-state index contributed by atoms with van der Waals surface area (Å²) in [6.07, 6.45) is 0. The Morgan fingerprint density at radius 2 is 2.07 bits per heavy atom. The molecule has 3 nitrogen and oxygen atoms in total. The lowest BCUT2D eigenvalue weighted by Crippen LogP contribution is -2.20. The second-order valence-electron chi connectivity index (χ2n) is 3.91. The Balaban J connectivity index is 2.52. The van der Waals surface area contributed by atoms with Crippen LogP contribution in [0.15, 0.2) is 18.2 Å².